The number of rotatable bonds is 6. The van der Waals surface area contributed by atoms with E-state index in [1.165, 1.54) is 17.3 Å². The third-order valence-corrected chi connectivity index (χ3v) is 5.67. The zero-order valence-electron chi connectivity index (χ0n) is 15.6. The Morgan fingerprint density at radius 3 is 2.67 bits per heavy atom. The summed E-state index contributed by atoms with van der Waals surface area (Å²) in [7, 11) is 1.71. The summed E-state index contributed by atoms with van der Waals surface area (Å²) >= 11 is 1.40. The number of hydrogen-bond donors (Lipinski definition) is 0. The van der Waals surface area contributed by atoms with Gasteiger partial charge in [0.25, 0.3) is 0 Å². The van der Waals surface area contributed by atoms with Crippen LogP contribution < -0.4 is 4.90 Å². The molecule has 1 amide bonds. The fraction of sp³-hybridized carbons (Fsp3) is 0.286. The average Bonchev–Trinajstić information content (AvgIpc) is 2.92. The van der Waals surface area contributed by atoms with E-state index in [-0.39, 0.29) is 24.1 Å². The van der Waals surface area contributed by atoms with Gasteiger partial charge in [0.15, 0.2) is 12.4 Å². The van der Waals surface area contributed by atoms with Crippen LogP contribution in [0.1, 0.15) is 27.0 Å². The minimum absolute atomic E-state index is 0.00412. The Morgan fingerprint density at radius 1 is 1.15 bits per heavy atom. The summed E-state index contributed by atoms with van der Waals surface area (Å²) in [5.74, 6) is -0.542. The van der Waals surface area contributed by atoms with Crippen molar-refractivity contribution in [1.29, 1.82) is 0 Å². The minimum Gasteiger partial charge on any atom is -0.457 e. The first kappa shape index (κ1) is 19.2. The van der Waals surface area contributed by atoms with Crippen molar-refractivity contribution in [1.82, 2.24) is 0 Å². The lowest BCUT2D eigenvalue weighted by Crippen LogP contribution is -2.20. The van der Waals surface area contributed by atoms with Crippen LogP contribution in [0.3, 0.4) is 0 Å². The molecule has 1 aliphatic heterocycles. The molecule has 1 aliphatic rings. The van der Waals surface area contributed by atoms with E-state index in [4.69, 9.17) is 4.74 Å². The maximum Gasteiger partial charge on any atom is 0.316 e. The summed E-state index contributed by atoms with van der Waals surface area (Å²) < 4.78 is 5.12. The Kier molecular flexibility index (Phi) is 5.65. The second kappa shape index (κ2) is 7.96. The summed E-state index contributed by atoms with van der Waals surface area (Å²) in [4.78, 5) is 38.6. The highest BCUT2D eigenvalue weighted by Gasteiger charge is 2.24. The van der Waals surface area contributed by atoms with E-state index < -0.39 is 5.97 Å². The van der Waals surface area contributed by atoms with E-state index in [1.807, 2.05) is 26.0 Å². The Labute approximate surface area is 162 Å². The lowest BCUT2D eigenvalue weighted by atomic mass is 10.1. The molecule has 0 unspecified atom stereocenters. The van der Waals surface area contributed by atoms with Crippen LogP contribution in [-0.2, 0) is 20.7 Å². The molecule has 1 heterocycles. The zero-order chi connectivity index (χ0) is 19.6. The first-order valence-corrected chi connectivity index (χ1v) is 9.62. The van der Waals surface area contributed by atoms with Gasteiger partial charge in [-0.05, 0) is 49.2 Å². The Balaban J connectivity index is 1.52. The molecule has 0 spiro atoms. The highest BCUT2D eigenvalue weighted by molar-refractivity contribution is 8.00. The van der Waals surface area contributed by atoms with Crippen molar-refractivity contribution in [3.8, 4) is 0 Å². The van der Waals surface area contributed by atoms with Crippen LogP contribution in [0.15, 0.2) is 41.3 Å². The number of hydrogen-bond acceptors (Lipinski definition) is 5. The highest BCUT2D eigenvalue weighted by Crippen LogP contribution is 2.28. The van der Waals surface area contributed by atoms with Gasteiger partial charge in [-0.1, -0.05) is 17.7 Å². The molecular formula is C21H21NO4S. The van der Waals surface area contributed by atoms with Crippen molar-refractivity contribution in [3.63, 3.8) is 0 Å². The van der Waals surface area contributed by atoms with E-state index >= 15 is 0 Å². The number of nitrogens with zero attached hydrogens (tertiary/aromatic N) is 1. The predicted octanol–water partition coefficient (Wildman–Crippen LogP) is 3.34. The number of ether oxygens (including phenoxy) is 1. The van der Waals surface area contributed by atoms with Gasteiger partial charge >= 0.3 is 5.97 Å². The molecule has 27 heavy (non-hydrogen) atoms. The predicted molar refractivity (Wildman–Crippen MR) is 105 cm³/mol. The summed E-state index contributed by atoms with van der Waals surface area (Å²) in [5.41, 5.74) is 4.38. The third kappa shape index (κ3) is 4.39. The monoisotopic (exact) mass is 383 g/mol. The summed E-state index contributed by atoms with van der Waals surface area (Å²) in [6, 6.07) is 11.2. The molecule has 2 aromatic carbocycles. The van der Waals surface area contributed by atoms with Crippen molar-refractivity contribution in [2.45, 2.75) is 25.2 Å². The average molecular weight is 383 g/mol. The van der Waals surface area contributed by atoms with Gasteiger partial charge in [0, 0.05) is 23.2 Å². The Morgan fingerprint density at radius 2 is 1.93 bits per heavy atom. The standard InChI is InChI=1S/C21H21NO4S/c1-13-4-7-19(14(2)8-13)27-12-21(25)26-11-18(23)15-5-6-17-16(9-15)10-20(24)22(17)3/h4-9H,10-12H2,1-3H3. The van der Waals surface area contributed by atoms with Crippen LogP contribution in [0.5, 0.6) is 0 Å². The number of amides is 1. The molecule has 0 atom stereocenters. The summed E-state index contributed by atoms with van der Waals surface area (Å²) in [6.45, 7) is 3.73. The third-order valence-electron chi connectivity index (χ3n) is 4.52. The fourth-order valence-electron chi connectivity index (χ4n) is 3.01. The molecule has 3 rings (SSSR count). The molecule has 5 nitrogen and oxygen atoms in total. The zero-order valence-corrected chi connectivity index (χ0v) is 16.4. The van der Waals surface area contributed by atoms with Crippen molar-refractivity contribution in [3.05, 3.63) is 58.7 Å². The van der Waals surface area contributed by atoms with Gasteiger partial charge < -0.3 is 9.64 Å². The molecule has 0 saturated carbocycles. The molecule has 0 N–H and O–H groups in total. The fourth-order valence-corrected chi connectivity index (χ4v) is 3.82. The van der Waals surface area contributed by atoms with E-state index in [1.54, 1.807) is 30.1 Å². The van der Waals surface area contributed by atoms with Crippen LogP contribution in [0, 0.1) is 13.8 Å². The quantitative estimate of drug-likeness (QED) is 0.435. The second-order valence-corrected chi connectivity index (χ2v) is 7.63. The van der Waals surface area contributed by atoms with Gasteiger partial charge in [0.1, 0.15) is 0 Å². The van der Waals surface area contributed by atoms with E-state index in [2.05, 4.69) is 6.07 Å². The molecule has 0 aromatic heterocycles. The number of fused-ring (bicyclic) bond motifs is 1. The molecule has 140 valence electrons. The minimum atomic E-state index is -0.426. The van der Waals surface area contributed by atoms with Crippen LogP contribution in [0.2, 0.25) is 0 Å². The first-order valence-electron chi connectivity index (χ1n) is 8.63. The SMILES string of the molecule is Cc1ccc(SCC(=O)OCC(=O)c2ccc3c(c2)CC(=O)N3C)c(C)c1. The maximum atomic E-state index is 12.3. The number of carbonyl (C=O) groups is 3. The summed E-state index contributed by atoms with van der Waals surface area (Å²) in [5, 5.41) is 0. The number of aryl methyl sites for hydroxylation is 2. The van der Waals surface area contributed by atoms with Crippen molar-refractivity contribution < 1.29 is 19.1 Å². The second-order valence-electron chi connectivity index (χ2n) is 6.61. The number of Topliss-reactive ketones (excluding diaryl/α,β-unsaturated/α-hetero) is 1. The largest absolute Gasteiger partial charge is 0.457 e. The molecular weight excluding hydrogens is 362 g/mol. The molecule has 2 aromatic rings. The molecule has 0 saturated heterocycles. The van der Waals surface area contributed by atoms with Crippen LogP contribution >= 0.6 is 11.8 Å². The molecule has 6 heteroatoms. The number of carbonyl (C=O) groups excluding carboxylic acids is 3. The van der Waals surface area contributed by atoms with Crippen LogP contribution in [0.4, 0.5) is 5.69 Å². The topological polar surface area (TPSA) is 63.7 Å². The van der Waals surface area contributed by atoms with Crippen molar-refractivity contribution in [2.75, 3.05) is 24.3 Å². The number of thioether (sulfide) groups is 1. The van der Waals surface area contributed by atoms with E-state index in [0.717, 1.165) is 21.7 Å². The van der Waals surface area contributed by atoms with Gasteiger partial charge in [0.2, 0.25) is 5.91 Å². The van der Waals surface area contributed by atoms with Gasteiger partial charge in [-0.15, -0.1) is 11.8 Å². The number of likely N-dealkylation sites (N-methyl/N-ethyl adjacent to an activating group) is 1. The molecule has 0 fully saturated rings. The first-order chi connectivity index (χ1) is 12.8. The smallest absolute Gasteiger partial charge is 0.316 e. The number of anilines is 1. The van der Waals surface area contributed by atoms with E-state index in [0.29, 0.717) is 12.0 Å². The van der Waals surface area contributed by atoms with Crippen molar-refractivity contribution >= 4 is 35.1 Å². The normalized spacial score (nSPS) is 12.9. The maximum absolute atomic E-state index is 12.3. The van der Waals surface area contributed by atoms with Gasteiger partial charge in [-0.2, -0.15) is 0 Å². The number of ketones is 1. The van der Waals surface area contributed by atoms with Crippen molar-refractivity contribution in [2.24, 2.45) is 0 Å². The van der Waals surface area contributed by atoms with E-state index in [9.17, 15) is 14.4 Å². The number of esters is 1. The van der Waals surface area contributed by atoms with Crippen LogP contribution in [-0.4, -0.2) is 37.1 Å². The van der Waals surface area contributed by atoms with Gasteiger partial charge in [-0.3, -0.25) is 14.4 Å². The molecule has 0 aliphatic carbocycles. The Hall–Kier alpha value is -2.60. The molecule has 0 radical (unpaired) electrons. The Bertz CT molecular complexity index is 922. The van der Waals surface area contributed by atoms with Crippen LogP contribution in [0.25, 0.3) is 0 Å². The molecule has 0 bridgehead atoms. The summed E-state index contributed by atoms with van der Waals surface area (Å²) in [6.07, 6.45) is 0.291. The lowest BCUT2D eigenvalue weighted by Gasteiger charge is -2.10. The highest BCUT2D eigenvalue weighted by atomic mass is 32.2. The van der Waals surface area contributed by atoms with Gasteiger partial charge in [0.05, 0.1) is 12.2 Å². The van der Waals surface area contributed by atoms with Gasteiger partial charge in [-0.25, -0.2) is 0 Å². The lowest BCUT2D eigenvalue weighted by molar-refractivity contribution is -0.139. The number of benzene rings is 2.